The fraction of sp³-hybridized carbons (Fsp3) is 0.900. The molecule has 4 heteroatoms. The van der Waals surface area contributed by atoms with Gasteiger partial charge in [-0.3, -0.25) is 9.69 Å². The van der Waals surface area contributed by atoms with Crippen LogP contribution in [0.3, 0.4) is 0 Å². The van der Waals surface area contributed by atoms with Crippen LogP contribution in [0.5, 0.6) is 0 Å². The maximum Gasteiger partial charge on any atom is 0.240 e. The largest absolute Gasteiger partial charge is 0.394 e. The number of aliphatic hydroxyl groups is 1. The monoisotopic (exact) mass is 200 g/mol. The molecule has 1 saturated heterocycles. The average molecular weight is 200 g/mol. The molecule has 1 fully saturated rings. The average Bonchev–Trinajstić information content (AvgIpc) is 2.47. The minimum absolute atomic E-state index is 0.158. The number of primary amides is 1. The quantitative estimate of drug-likeness (QED) is 0.669. The van der Waals surface area contributed by atoms with Crippen molar-refractivity contribution < 1.29 is 9.90 Å². The summed E-state index contributed by atoms with van der Waals surface area (Å²) in [4.78, 5) is 13.4. The first-order valence-electron chi connectivity index (χ1n) is 5.19. The summed E-state index contributed by atoms with van der Waals surface area (Å²) in [6.45, 7) is 5.73. The van der Waals surface area contributed by atoms with Crippen molar-refractivity contribution in [2.75, 3.05) is 19.7 Å². The first-order chi connectivity index (χ1) is 6.53. The van der Waals surface area contributed by atoms with E-state index in [2.05, 4.69) is 13.8 Å². The van der Waals surface area contributed by atoms with Gasteiger partial charge in [-0.25, -0.2) is 0 Å². The molecule has 1 amide bonds. The molecule has 1 atom stereocenters. The van der Waals surface area contributed by atoms with Crippen molar-refractivity contribution in [2.24, 2.45) is 11.7 Å². The van der Waals surface area contributed by atoms with E-state index >= 15 is 0 Å². The Bertz CT molecular complexity index is 218. The number of carbonyl (C=O) groups is 1. The molecule has 0 aromatic heterocycles. The van der Waals surface area contributed by atoms with Crippen LogP contribution in [0.15, 0.2) is 0 Å². The lowest BCUT2D eigenvalue weighted by atomic mass is 9.95. The van der Waals surface area contributed by atoms with E-state index in [0.29, 0.717) is 12.3 Å². The third kappa shape index (κ3) is 1.91. The lowest BCUT2D eigenvalue weighted by Gasteiger charge is -2.35. The molecule has 14 heavy (non-hydrogen) atoms. The zero-order valence-electron chi connectivity index (χ0n) is 8.99. The minimum Gasteiger partial charge on any atom is -0.394 e. The van der Waals surface area contributed by atoms with Gasteiger partial charge in [0.15, 0.2) is 0 Å². The third-order valence-corrected chi connectivity index (χ3v) is 2.93. The van der Waals surface area contributed by atoms with Gasteiger partial charge in [-0.1, -0.05) is 13.8 Å². The van der Waals surface area contributed by atoms with Gasteiger partial charge in [-0.15, -0.1) is 0 Å². The smallest absolute Gasteiger partial charge is 0.240 e. The van der Waals surface area contributed by atoms with Crippen molar-refractivity contribution in [1.82, 2.24) is 4.90 Å². The molecule has 82 valence electrons. The summed E-state index contributed by atoms with van der Waals surface area (Å²) in [5.41, 5.74) is 4.58. The highest BCUT2D eigenvalue weighted by Gasteiger charge is 2.45. The number of nitrogens with zero attached hydrogens (tertiary/aromatic N) is 1. The van der Waals surface area contributed by atoms with Gasteiger partial charge in [0.05, 0.1) is 6.61 Å². The van der Waals surface area contributed by atoms with Gasteiger partial charge in [-0.2, -0.15) is 0 Å². The van der Waals surface area contributed by atoms with E-state index in [0.717, 1.165) is 19.5 Å². The SMILES string of the molecule is CC(C)CN1CCC[C@]1(CO)C(N)=O. The van der Waals surface area contributed by atoms with Gasteiger partial charge in [-0.05, 0) is 25.3 Å². The van der Waals surface area contributed by atoms with Crippen molar-refractivity contribution in [3.05, 3.63) is 0 Å². The highest BCUT2D eigenvalue weighted by atomic mass is 16.3. The molecule has 0 radical (unpaired) electrons. The van der Waals surface area contributed by atoms with Crippen LogP contribution in [-0.4, -0.2) is 41.1 Å². The molecule has 1 aliphatic heterocycles. The van der Waals surface area contributed by atoms with E-state index in [1.807, 2.05) is 4.90 Å². The number of amides is 1. The number of hydrogen-bond donors (Lipinski definition) is 2. The highest BCUT2D eigenvalue weighted by molar-refractivity contribution is 5.85. The topological polar surface area (TPSA) is 66.6 Å². The van der Waals surface area contributed by atoms with Crippen molar-refractivity contribution in [3.8, 4) is 0 Å². The van der Waals surface area contributed by atoms with Gasteiger partial charge in [0.2, 0.25) is 5.91 Å². The Labute approximate surface area is 85.1 Å². The number of hydrogen-bond acceptors (Lipinski definition) is 3. The van der Waals surface area contributed by atoms with Crippen LogP contribution in [0.4, 0.5) is 0 Å². The molecule has 0 saturated carbocycles. The van der Waals surface area contributed by atoms with E-state index < -0.39 is 11.4 Å². The van der Waals surface area contributed by atoms with E-state index in [1.54, 1.807) is 0 Å². The second-order valence-electron chi connectivity index (χ2n) is 4.50. The Morgan fingerprint density at radius 1 is 1.64 bits per heavy atom. The van der Waals surface area contributed by atoms with Crippen LogP contribution in [-0.2, 0) is 4.79 Å². The van der Waals surface area contributed by atoms with Crippen molar-refractivity contribution in [1.29, 1.82) is 0 Å². The second-order valence-corrected chi connectivity index (χ2v) is 4.50. The molecular formula is C10H20N2O2. The van der Waals surface area contributed by atoms with Gasteiger partial charge in [0.25, 0.3) is 0 Å². The molecule has 1 rings (SSSR count). The Kier molecular flexibility index (Phi) is 3.50. The summed E-state index contributed by atoms with van der Waals surface area (Å²) in [5, 5.41) is 9.33. The number of likely N-dealkylation sites (tertiary alicyclic amines) is 1. The predicted molar refractivity (Wildman–Crippen MR) is 54.7 cm³/mol. The molecule has 0 aromatic rings. The van der Waals surface area contributed by atoms with E-state index in [4.69, 9.17) is 5.73 Å². The third-order valence-electron chi connectivity index (χ3n) is 2.93. The van der Waals surface area contributed by atoms with Crippen LogP contribution in [0.25, 0.3) is 0 Å². The molecule has 1 aliphatic rings. The van der Waals surface area contributed by atoms with Crippen molar-refractivity contribution in [3.63, 3.8) is 0 Å². The molecular weight excluding hydrogens is 180 g/mol. The first-order valence-corrected chi connectivity index (χ1v) is 5.19. The first kappa shape index (κ1) is 11.5. The fourth-order valence-corrected chi connectivity index (χ4v) is 2.18. The van der Waals surface area contributed by atoms with Crippen molar-refractivity contribution >= 4 is 5.91 Å². The van der Waals surface area contributed by atoms with Gasteiger partial charge in [0, 0.05) is 6.54 Å². The Balaban J connectivity index is 2.78. The molecule has 1 heterocycles. The van der Waals surface area contributed by atoms with Gasteiger partial charge < -0.3 is 10.8 Å². The van der Waals surface area contributed by atoms with Crippen LogP contribution < -0.4 is 5.73 Å². The van der Waals surface area contributed by atoms with Gasteiger partial charge >= 0.3 is 0 Å². The van der Waals surface area contributed by atoms with E-state index in [-0.39, 0.29) is 6.61 Å². The molecule has 3 N–H and O–H groups in total. The highest BCUT2D eigenvalue weighted by Crippen LogP contribution is 2.29. The lowest BCUT2D eigenvalue weighted by Crippen LogP contribution is -2.57. The van der Waals surface area contributed by atoms with E-state index in [1.165, 1.54) is 0 Å². The standard InChI is InChI=1S/C10H20N2O2/c1-8(2)6-12-5-3-4-10(12,7-13)9(11)14/h8,13H,3-7H2,1-2H3,(H2,11,14)/t10-/m0/s1. The minimum atomic E-state index is -0.787. The maximum absolute atomic E-state index is 11.4. The zero-order valence-corrected chi connectivity index (χ0v) is 8.99. The molecule has 4 nitrogen and oxygen atoms in total. The molecule has 0 aliphatic carbocycles. The molecule has 0 unspecified atom stereocenters. The van der Waals surface area contributed by atoms with Crippen LogP contribution in [0.1, 0.15) is 26.7 Å². The summed E-state index contributed by atoms with van der Waals surface area (Å²) in [6, 6.07) is 0. The van der Waals surface area contributed by atoms with Crippen LogP contribution in [0.2, 0.25) is 0 Å². The number of carbonyl (C=O) groups excluding carboxylic acids is 1. The number of nitrogens with two attached hydrogens (primary N) is 1. The fourth-order valence-electron chi connectivity index (χ4n) is 2.18. The molecule has 0 aromatic carbocycles. The molecule has 0 spiro atoms. The predicted octanol–water partition coefficient (Wildman–Crippen LogP) is -0.0454. The van der Waals surface area contributed by atoms with E-state index in [9.17, 15) is 9.90 Å². The summed E-state index contributed by atoms with van der Waals surface area (Å²) in [6.07, 6.45) is 1.63. The zero-order chi connectivity index (χ0) is 10.8. The summed E-state index contributed by atoms with van der Waals surface area (Å²) in [7, 11) is 0. The maximum atomic E-state index is 11.4. The lowest BCUT2D eigenvalue weighted by molar-refractivity contribution is -0.131. The second kappa shape index (κ2) is 4.28. The number of aliphatic hydroxyl groups excluding tert-OH is 1. The summed E-state index contributed by atoms with van der Waals surface area (Å²) < 4.78 is 0. The van der Waals surface area contributed by atoms with Crippen LogP contribution >= 0.6 is 0 Å². The number of rotatable bonds is 4. The Morgan fingerprint density at radius 3 is 2.71 bits per heavy atom. The van der Waals surface area contributed by atoms with Crippen LogP contribution in [0, 0.1) is 5.92 Å². The molecule has 0 bridgehead atoms. The van der Waals surface area contributed by atoms with Gasteiger partial charge in [0.1, 0.15) is 5.54 Å². The van der Waals surface area contributed by atoms with Crippen molar-refractivity contribution in [2.45, 2.75) is 32.2 Å². The summed E-state index contributed by atoms with van der Waals surface area (Å²) >= 11 is 0. The Hall–Kier alpha value is -0.610. The normalized spacial score (nSPS) is 28.6. The summed E-state index contributed by atoms with van der Waals surface area (Å²) in [5.74, 6) is 0.0940. The Morgan fingerprint density at radius 2 is 2.29 bits per heavy atom.